The average molecular weight is 219 g/mol. The topological polar surface area (TPSA) is 55.4 Å². The predicted octanol–water partition coefficient (Wildman–Crippen LogP) is 1.45. The summed E-state index contributed by atoms with van der Waals surface area (Å²) < 4.78 is 16.8. The molecule has 0 aromatic carbocycles. The van der Waals surface area contributed by atoms with Crippen molar-refractivity contribution in [2.75, 3.05) is 0 Å². The van der Waals surface area contributed by atoms with E-state index in [1.54, 1.807) is 6.07 Å². The van der Waals surface area contributed by atoms with Gasteiger partial charge in [0.15, 0.2) is 0 Å². The number of furan rings is 1. The molecule has 0 unspecified atom stereocenters. The van der Waals surface area contributed by atoms with Crippen molar-refractivity contribution < 1.29 is 13.7 Å². The van der Waals surface area contributed by atoms with Crippen molar-refractivity contribution in [3.05, 3.63) is 17.9 Å². The molecule has 1 fully saturated rings. The van der Waals surface area contributed by atoms with E-state index >= 15 is 0 Å². The lowest BCUT2D eigenvalue weighted by Crippen LogP contribution is -2.41. The number of hydrogen-bond acceptors (Lipinski definition) is 4. The third-order valence-electron chi connectivity index (χ3n) is 3.23. The molecule has 1 saturated heterocycles. The van der Waals surface area contributed by atoms with Crippen LogP contribution in [0.25, 0.3) is 0 Å². The zero-order valence-electron chi connectivity index (χ0n) is 9.90. The lowest BCUT2D eigenvalue weighted by atomic mass is 9.86. The van der Waals surface area contributed by atoms with Crippen LogP contribution in [0.5, 0.6) is 0 Å². The molecular formula is C11H14BNO3. The van der Waals surface area contributed by atoms with Gasteiger partial charge in [-0.1, -0.05) is 0 Å². The van der Waals surface area contributed by atoms with Crippen LogP contribution in [0.2, 0.25) is 0 Å². The molecule has 2 rings (SSSR count). The minimum absolute atomic E-state index is 0.392. The number of nitrogens with zero attached hydrogens (tertiary/aromatic N) is 1. The van der Waals surface area contributed by atoms with Crippen molar-refractivity contribution in [1.29, 1.82) is 5.26 Å². The number of rotatable bonds is 1. The van der Waals surface area contributed by atoms with Crippen LogP contribution in [0, 0.1) is 11.3 Å². The van der Waals surface area contributed by atoms with E-state index in [1.807, 2.05) is 33.8 Å². The molecule has 1 aromatic heterocycles. The smallest absolute Gasteiger partial charge is 0.471 e. The molecule has 4 nitrogen and oxygen atoms in total. The Morgan fingerprint density at radius 2 is 1.75 bits per heavy atom. The summed E-state index contributed by atoms with van der Waals surface area (Å²) in [5.41, 5.74) is 0.231. The van der Waals surface area contributed by atoms with Gasteiger partial charge in [-0.2, -0.15) is 5.26 Å². The van der Waals surface area contributed by atoms with E-state index < -0.39 is 18.3 Å². The summed E-state index contributed by atoms with van der Waals surface area (Å²) in [6, 6.07) is 3.65. The molecule has 0 saturated carbocycles. The van der Waals surface area contributed by atoms with Crippen LogP contribution in [0.4, 0.5) is 0 Å². The summed E-state index contributed by atoms with van der Waals surface area (Å²) in [7, 11) is -0.535. The maximum atomic E-state index is 8.71. The molecule has 1 aliphatic heterocycles. The highest BCUT2D eigenvalue weighted by molar-refractivity contribution is 6.60. The van der Waals surface area contributed by atoms with Gasteiger partial charge in [-0.15, -0.1) is 0 Å². The Bertz CT molecular complexity index is 428. The van der Waals surface area contributed by atoms with E-state index in [9.17, 15) is 0 Å². The highest BCUT2D eigenvalue weighted by Crippen LogP contribution is 2.36. The quantitative estimate of drug-likeness (QED) is 0.670. The largest absolute Gasteiger partial charge is 0.532 e. The second-order valence-electron chi connectivity index (χ2n) is 4.94. The first-order chi connectivity index (χ1) is 7.36. The van der Waals surface area contributed by atoms with Gasteiger partial charge in [-0.3, -0.25) is 0 Å². The number of nitriles is 1. The average Bonchev–Trinajstić information content (AvgIpc) is 2.70. The molecule has 0 bridgehead atoms. The Hall–Kier alpha value is -1.25. The Balaban J connectivity index is 2.24. The molecule has 0 radical (unpaired) electrons. The molecule has 16 heavy (non-hydrogen) atoms. The summed E-state index contributed by atoms with van der Waals surface area (Å²) in [4.78, 5) is 0. The van der Waals surface area contributed by atoms with Crippen LogP contribution in [0.15, 0.2) is 16.7 Å². The monoisotopic (exact) mass is 219 g/mol. The summed E-state index contributed by atoms with van der Waals surface area (Å²) in [6.07, 6.45) is 1.40. The lowest BCUT2D eigenvalue weighted by Gasteiger charge is -2.32. The van der Waals surface area contributed by atoms with Crippen LogP contribution < -0.4 is 5.66 Å². The molecular weight excluding hydrogens is 205 g/mol. The highest BCUT2D eigenvalue weighted by atomic mass is 16.7. The van der Waals surface area contributed by atoms with Gasteiger partial charge < -0.3 is 13.7 Å². The maximum Gasteiger partial charge on any atom is 0.532 e. The van der Waals surface area contributed by atoms with Crippen LogP contribution in [0.1, 0.15) is 33.3 Å². The predicted molar refractivity (Wildman–Crippen MR) is 59.1 cm³/mol. The first kappa shape index (κ1) is 11.2. The van der Waals surface area contributed by atoms with Crippen molar-refractivity contribution in [3.63, 3.8) is 0 Å². The van der Waals surface area contributed by atoms with Crippen molar-refractivity contribution in [2.24, 2.45) is 0 Å². The van der Waals surface area contributed by atoms with E-state index in [-0.39, 0.29) is 0 Å². The summed E-state index contributed by atoms with van der Waals surface area (Å²) in [6.45, 7) is 7.89. The lowest BCUT2D eigenvalue weighted by molar-refractivity contribution is 0.00578. The third-order valence-corrected chi connectivity index (χ3v) is 3.23. The van der Waals surface area contributed by atoms with E-state index in [2.05, 4.69) is 0 Å². The molecule has 0 N–H and O–H groups in total. The van der Waals surface area contributed by atoms with E-state index in [1.165, 1.54) is 6.26 Å². The van der Waals surface area contributed by atoms with Crippen molar-refractivity contribution in [2.45, 2.75) is 38.9 Å². The normalized spacial score (nSPS) is 22.1. The molecule has 2 heterocycles. The van der Waals surface area contributed by atoms with E-state index in [0.29, 0.717) is 11.2 Å². The van der Waals surface area contributed by atoms with Crippen LogP contribution in [-0.4, -0.2) is 18.3 Å². The van der Waals surface area contributed by atoms with Gasteiger partial charge in [-0.05, 0) is 33.8 Å². The van der Waals surface area contributed by atoms with Gasteiger partial charge in [0.05, 0.1) is 16.8 Å². The molecule has 0 amide bonds. The molecule has 0 aliphatic carbocycles. The number of hydrogen-bond donors (Lipinski definition) is 0. The minimum Gasteiger partial charge on any atom is -0.471 e. The first-order valence-electron chi connectivity index (χ1n) is 5.20. The van der Waals surface area contributed by atoms with Gasteiger partial charge in [-0.25, -0.2) is 0 Å². The molecule has 5 heteroatoms. The standard InChI is InChI=1S/C11H14BNO3/c1-10(2)11(3,4)16-12(15-10)9-5-8(6-13)7-14-9/h5,7H,1-4H3. The minimum atomic E-state index is -0.535. The van der Waals surface area contributed by atoms with E-state index in [4.69, 9.17) is 19.0 Å². The molecule has 0 atom stereocenters. The van der Waals surface area contributed by atoms with Gasteiger partial charge in [0, 0.05) is 0 Å². The van der Waals surface area contributed by atoms with Crippen LogP contribution >= 0.6 is 0 Å². The van der Waals surface area contributed by atoms with Gasteiger partial charge in [0.25, 0.3) is 0 Å². The molecule has 1 aliphatic rings. The van der Waals surface area contributed by atoms with Crippen LogP contribution in [0.3, 0.4) is 0 Å². The van der Waals surface area contributed by atoms with Crippen LogP contribution in [-0.2, 0) is 9.31 Å². The maximum absolute atomic E-state index is 8.71. The van der Waals surface area contributed by atoms with Crippen molar-refractivity contribution >= 4 is 12.8 Å². The second kappa shape index (κ2) is 3.37. The van der Waals surface area contributed by atoms with Gasteiger partial charge >= 0.3 is 7.12 Å². The summed E-state index contributed by atoms with van der Waals surface area (Å²) in [5.74, 6) is 0. The Morgan fingerprint density at radius 1 is 1.19 bits per heavy atom. The Morgan fingerprint density at radius 3 is 2.19 bits per heavy atom. The third kappa shape index (κ3) is 1.64. The van der Waals surface area contributed by atoms with Crippen molar-refractivity contribution in [3.8, 4) is 6.07 Å². The fraction of sp³-hybridized carbons (Fsp3) is 0.545. The SMILES string of the molecule is CC1(C)OB(c2cc(C#N)co2)OC1(C)C. The molecule has 84 valence electrons. The van der Waals surface area contributed by atoms with E-state index in [0.717, 1.165) is 0 Å². The molecule has 0 spiro atoms. The Labute approximate surface area is 95.3 Å². The first-order valence-corrected chi connectivity index (χ1v) is 5.20. The van der Waals surface area contributed by atoms with Gasteiger partial charge in [0.2, 0.25) is 0 Å². The zero-order valence-corrected chi connectivity index (χ0v) is 9.90. The summed E-state index contributed by atoms with van der Waals surface area (Å²) >= 11 is 0. The van der Waals surface area contributed by atoms with Gasteiger partial charge in [0.1, 0.15) is 18.0 Å². The van der Waals surface area contributed by atoms with Crippen molar-refractivity contribution in [1.82, 2.24) is 0 Å². The second-order valence-corrected chi connectivity index (χ2v) is 4.94. The zero-order chi connectivity index (χ0) is 12.0. The highest BCUT2D eigenvalue weighted by Gasteiger charge is 2.53. The Kier molecular flexibility index (Phi) is 2.37. The fourth-order valence-electron chi connectivity index (χ4n) is 1.49. The summed E-state index contributed by atoms with van der Waals surface area (Å²) in [5, 5.41) is 8.71. The fourth-order valence-corrected chi connectivity index (χ4v) is 1.49. The molecule has 1 aromatic rings.